The van der Waals surface area contributed by atoms with E-state index >= 15 is 0 Å². The fourth-order valence-electron chi connectivity index (χ4n) is 2.19. The summed E-state index contributed by atoms with van der Waals surface area (Å²) < 4.78 is 5.49. The number of nitrogens with zero attached hydrogens (tertiary/aromatic N) is 1. The number of anilines is 3. The largest absolute Gasteiger partial charge is 0.494 e. The monoisotopic (exact) mass is 279 g/mol. The highest BCUT2D eigenvalue weighted by Gasteiger charge is 2.01. The molecule has 0 aliphatic carbocycles. The first-order chi connectivity index (χ1) is 10.2. The van der Waals surface area contributed by atoms with Crippen LogP contribution in [0.4, 0.5) is 17.2 Å². The Morgan fingerprint density at radius 3 is 2.86 bits per heavy atom. The van der Waals surface area contributed by atoms with Crippen molar-refractivity contribution in [3.8, 4) is 5.75 Å². The van der Waals surface area contributed by atoms with E-state index < -0.39 is 0 Å². The van der Waals surface area contributed by atoms with Crippen molar-refractivity contribution in [2.45, 2.75) is 6.92 Å². The molecule has 3 N–H and O–H groups in total. The molecule has 1 aromatic heterocycles. The number of ether oxygens (including phenoxy) is 1. The maximum absolute atomic E-state index is 5.77. The van der Waals surface area contributed by atoms with Gasteiger partial charge < -0.3 is 15.8 Å². The van der Waals surface area contributed by atoms with E-state index in [4.69, 9.17) is 10.5 Å². The summed E-state index contributed by atoms with van der Waals surface area (Å²) >= 11 is 0. The molecule has 21 heavy (non-hydrogen) atoms. The molecular weight excluding hydrogens is 262 g/mol. The third kappa shape index (κ3) is 3.05. The average Bonchev–Trinajstić information content (AvgIpc) is 2.48. The smallest absolute Gasteiger partial charge is 0.131 e. The summed E-state index contributed by atoms with van der Waals surface area (Å²) in [5.74, 6) is 1.64. The molecule has 0 fully saturated rings. The fraction of sp³-hybridized carbons (Fsp3) is 0.118. The predicted molar refractivity (Wildman–Crippen MR) is 87.0 cm³/mol. The molecule has 0 unspecified atom stereocenters. The number of nitrogens with one attached hydrogen (secondary N) is 1. The van der Waals surface area contributed by atoms with Crippen molar-refractivity contribution in [1.82, 2.24) is 4.98 Å². The van der Waals surface area contributed by atoms with Gasteiger partial charge in [-0.05, 0) is 49.4 Å². The Balaban J connectivity index is 1.87. The van der Waals surface area contributed by atoms with Gasteiger partial charge in [0, 0.05) is 22.8 Å². The van der Waals surface area contributed by atoms with E-state index in [1.165, 1.54) is 0 Å². The molecule has 0 amide bonds. The van der Waals surface area contributed by atoms with Gasteiger partial charge >= 0.3 is 0 Å². The lowest BCUT2D eigenvalue weighted by Gasteiger charge is -2.09. The molecule has 2 aromatic carbocycles. The van der Waals surface area contributed by atoms with E-state index in [2.05, 4.69) is 10.3 Å². The van der Waals surface area contributed by atoms with E-state index in [1.807, 2.05) is 61.5 Å². The Hall–Kier alpha value is -2.75. The maximum Gasteiger partial charge on any atom is 0.131 e. The van der Waals surface area contributed by atoms with Crippen LogP contribution >= 0.6 is 0 Å². The number of rotatable bonds is 4. The Morgan fingerprint density at radius 1 is 1.10 bits per heavy atom. The quantitative estimate of drug-likeness (QED) is 0.710. The van der Waals surface area contributed by atoms with E-state index in [0.29, 0.717) is 6.61 Å². The van der Waals surface area contributed by atoms with E-state index in [9.17, 15) is 0 Å². The lowest BCUT2D eigenvalue weighted by Crippen LogP contribution is -1.96. The minimum Gasteiger partial charge on any atom is -0.494 e. The number of aromatic nitrogens is 1. The van der Waals surface area contributed by atoms with Crippen LogP contribution in [-0.4, -0.2) is 11.6 Å². The molecule has 0 aliphatic heterocycles. The van der Waals surface area contributed by atoms with Crippen LogP contribution in [0.5, 0.6) is 5.75 Å². The second-order valence-electron chi connectivity index (χ2n) is 4.73. The van der Waals surface area contributed by atoms with Crippen molar-refractivity contribution < 1.29 is 4.74 Å². The number of fused-ring (bicyclic) bond motifs is 1. The molecule has 0 bridgehead atoms. The predicted octanol–water partition coefficient (Wildman–Crippen LogP) is 3.96. The summed E-state index contributed by atoms with van der Waals surface area (Å²) in [5, 5.41) is 4.32. The standard InChI is InChI=1S/C17H17N3O/c1-2-21-15-5-3-4-14(11-15)19-17-9-6-12-10-13(18)7-8-16(12)20-17/h3-11H,2,18H2,1H3,(H,19,20). The van der Waals surface area contributed by atoms with Crippen molar-refractivity contribution >= 4 is 28.1 Å². The number of pyridine rings is 1. The van der Waals surface area contributed by atoms with Crippen LogP contribution in [-0.2, 0) is 0 Å². The van der Waals surface area contributed by atoms with Crippen LogP contribution in [0.25, 0.3) is 10.9 Å². The molecule has 3 aromatic rings. The summed E-state index contributed by atoms with van der Waals surface area (Å²) in [4.78, 5) is 4.58. The Morgan fingerprint density at radius 2 is 2.00 bits per heavy atom. The van der Waals surface area contributed by atoms with Crippen molar-refractivity contribution in [3.05, 3.63) is 54.6 Å². The number of hydrogen-bond acceptors (Lipinski definition) is 4. The topological polar surface area (TPSA) is 60.2 Å². The van der Waals surface area contributed by atoms with Gasteiger partial charge in [-0.15, -0.1) is 0 Å². The second kappa shape index (κ2) is 5.71. The normalized spacial score (nSPS) is 10.5. The summed E-state index contributed by atoms with van der Waals surface area (Å²) in [5.41, 5.74) is 8.38. The first kappa shape index (κ1) is 13.2. The minimum absolute atomic E-state index is 0.652. The van der Waals surface area contributed by atoms with E-state index in [0.717, 1.165) is 33.8 Å². The van der Waals surface area contributed by atoms with Crippen molar-refractivity contribution in [2.75, 3.05) is 17.7 Å². The molecule has 0 aliphatic rings. The van der Waals surface area contributed by atoms with Crippen molar-refractivity contribution in [3.63, 3.8) is 0 Å². The van der Waals surface area contributed by atoms with Gasteiger partial charge in [-0.2, -0.15) is 0 Å². The molecule has 0 radical (unpaired) electrons. The van der Waals surface area contributed by atoms with Gasteiger partial charge in [0.05, 0.1) is 12.1 Å². The Kier molecular flexibility index (Phi) is 3.60. The SMILES string of the molecule is CCOc1cccc(Nc2ccc3cc(N)ccc3n2)c1. The van der Waals surface area contributed by atoms with Gasteiger partial charge in [0.1, 0.15) is 11.6 Å². The molecule has 0 saturated heterocycles. The molecule has 0 spiro atoms. The zero-order valence-corrected chi connectivity index (χ0v) is 11.8. The van der Waals surface area contributed by atoms with E-state index in [-0.39, 0.29) is 0 Å². The van der Waals surface area contributed by atoms with Gasteiger partial charge in [0.2, 0.25) is 0 Å². The molecule has 1 heterocycles. The highest BCUT2D eigenvalue weighted by Crippen LogP contribution is 2.23. The lowest BCUT2D eigenvalue weighted by atomic mass is 10.2. The second-order valence-corrected chi connectivity index (χ2v) is 4.73. The Labute approximate surface area is 123 Å². The highest BCUT2D eigenvalue weighted by molar-refractivity contribution is 5.83. The molecule has 0 saturated carbocycles. The molecular formula is C17H17N3O. The molecule has 4 heteroatoms. The van der Waals surface area contributed by atoms with Gasteiger partial charge in [-0.3, -0.25) is 0 Å². The average molecular weight is 279 g/mol. The minimum atomic E-state index is 0.652. The van der Waals surface area contributed by atoms with Gasteiger partial charge in [0.25, 0.3) is 0 Å². The first-order valence-electron chi connectivity index (χ1n) is 6.91. The summed E-state index contributed by atoms with van der Waals surface area (Å²) in [6, 6.07) is 17.5. The maximum atomic E-state index is 5.77. The zero-order chi connectivity index (χ0) is 14.7. The van der Waals surface area contributed by atoms with Crippen LogP contribution in [0, 0.1) is 0 Å². The van der Waals surface area contributed by atoms with E-state index in [1.54, 1.807) is 0 Å². The van der Waals surface area contributed by atoms with Crippen LogP contribution in [0.1, 0.15) is 6.92 Å². The lowest BCUT2D eigenvalue weighted by molar-refractivity contribution is 0.340. The number of nitrogen functional groups attached to an aromatic ring is 1. The van der Waals surface area contributed by atoms with Gasteiger partial charge in [-0.25, -0.2) is 4.98 Å². The van der Waals surface area contributed by atoms with Gasteiger partial charge in [0.15, 0.2) is 0 Å². The molecule has 4 nitrogen and oxygen atoms in total. The van der Waals surface area contributed by atoms with Crippen molar-refractivity contribution in [1.29, 1.82) is 0 Å². The van der Waals surface area contributed by atoms with Crippen LogP contribution in [0.3, 0.4) is 0 Å². The number of nitrogens with two attached hydrogens (primary N) is 1. The fourth-order valence-corrected chi connectivity index (χ4v) is 2.19. The zero-order valence-electron chi connectivity index (χ0n) is 11.8. The third-order valence-corrected chi connectivity index (χ3v) is 3.13. The van der Waals surface area contributed by atoms with Crippen LogP contribution in [0.15, 0.2) is 54.6 Å². The van der Waals surface area contributed by atoms with Crippen molar-refractivity contribution in [2.24, 2.45) is 0 Å². The molecule has 106 valence electrons. The Bertz CT molecular complexity index is 771. The number of hydrogen-bond donors (Lipinski definition) is 2. The molecule has 3 rings (SSSR count). The van der Waals surface area contributed by atoms with Gasteiger partial charge in [-0.1, -0.05) is 6.07 Å². The van der Waals surface area contributed by atoms with Crippen LogP contribution in [0.2, 0.25) is 0 Å². The third-order valence-electron chi connectivity index (χ3n) is 3.13. The molecule has 0 atom stereocenters. The first-order valence-corrected chi connectivity index (χ1v) is 6.91. The summed E-state index contributed by atoms with van der Waals surface area (Å²) in [6.07, 6.45) is 0. The summed E-state index contributed by atoms with van der Waals surface area (Å²) in [6.45, 7) is 2.62. The van der Waals surface area contributed by atoms with Crippen LogP contribution < -0.4 is 15.8 Å². The highest BCUT2D eigenvalue weighted by atomic mass is 16.5. The number of benzene rings is 2. The summed E-state index contributed by atoms with van der Waals surface area (Å²) in [7, 11) is 0.